The Labute approximate surface area is 192 Å². The SMILES string of the molecule is CC/C(=C\C=C/Cn1c2ccncc2c2cnccc21)n1c(/C=C\N)c(C)c2cnccc21. The van der Waals surface area contributed by atoms with Crippen molar-refractivity contribution in [1.29, 1.82) is 0 Å². The standard InChI is InChI=1S/C27H26N6/c1-3-20(33-24(7-11-28)19(2)21-16-29-14-10-27(21)33)6-4-5-15-32-25-8-12-30-17-22(25)23-18-31-13-9-26(23)32/h4-14,16-18H,3,15,28H2,1-2H3/b5-4-,11-7-,20-6+. The molecule has 33 heavy (non-hydrogen) atoms. The highest BCUT2D eigenvalue weighted by Gasteiger charge is 2.14. The van der Waals surface area contributed by atoms with Gasteiger partial charge >= 0.3 is 0 Å². The van der Waals surface area contributed by atoms with Crippen molar-refractivity contribution in [3.8, 4) is 0 Å². The highest BCUT2D eigenvalue weighted by molar-refractivity contribution is 6.07. The first-order chi connectivity index (χ1) is 16.2. The maximum atomic E-state index is 5.77. The third-order valence-corrected chi connectivity index (χ3v) is 6.15. The molecule has 0 saturated heterocycles. The van der Waals surface area contributed by atoms with Gasteiger partial charge in [-0.25, -0.2) is 0 Å². The average Bonchev–Trinajstić information content (AvgIpc) is 3.32. The second kappa shape index (κ2) is 8.74. The van der Waals surface area contributed by atoms with E-state index in [0.717, 1.165) is 51.4 Å². The van der Waals surface area contributed by atoms with Crippen LogP contribution in [0.25, 0.3) is 44.5 Å². The van der Waals surface area contributed by atoms with E-state index in [1.165, 1.54) is 11.3 Å². The lowest BCUT2D eigenvalue weighted by atomic mass is 10.2. The molecule has 0 amide bonds. The van der Waals surface area contributed by atoms with Crippen LogP contribution in [-0.2, 0) is 6.54 Å². The maximum absolute atomic E-state index is 5.77. The zero-order valence-corrected chi connectivity index (χ0v) is 18.8. The van der Waals surface area contributed by atoms with Crippen LogP contribution in [0.15, 0.2) is 79.8 Å². The molecular weight excluding hydrogens is 408 g/mol. The molecule has 0 aromatic carbocycles. The van der Waals surface area contributed by atoms with Crippen LogP contribution in [0.4, 0.5) is 0 Å². The molecule has 164 valence electrons. The van der Waals surface area contributed by atoms with E-state index in [1.807, 2.05) is 43.3 Å². The van der Waals surface area contributed by atoms with Gasteiger partial charge in [0.2, 0.25) is 0 Å². The predicted molar refractivity (Wildman–Crippen MR) is 136 cm³/mol. The molecule has 0 radical (unpaired) electrons. The number of aryl methyl sites for hydroxylation is 1. The molecule has 6 nitrogen and oxygen atoms in total. The molecule has 0 bridgehead atoms. The number of aromatic nitrogens is 5. The van der Waals surface area contributed by atoms with Crippen LogP contribution in [0, 0.1) is 6.92 Å². The Balaban J connectivity index is 1.54. The minimum Gasteiger partial charge on any atom is -0.405 e. The molecule has 5 aromatic heterocycles. The van der Waals surface area contributed by atoms with E-state index < -0.39 is 0 Å². The number of hydrogen-bond acceptors (Lipinski definition) is 4. The van der Waals surface area contributed by atoms with E-state index in [-0.39, 0.29) is 0 Å². The summed E-state index contributed by atoms with van der Waals surface area (Å²) in [7, 11) is 0. The van der Waals surface area contributed by atoms with Crippen molar-refractivity contribution in [1.82, 2.24) is 24.1 Å². The Morgan fingerprint density at radius 3 is 2.12 bits per heavy atom. The van der Waals surface area contributed by atoms with Gasteiger partial charge in [0.05, 0.1) is 22.2 Å². The second-order valence-corrected chi connectivity index (χ2v) is 7.93. The molecule has 0 unspecified atom stereocenters. The lowest BCUT2D eigenvalue weighted by molar-refractivity contribution is 0.897. The monoisotopic (exact) mass is 434 g/mol. The van der Waals surface area contributed by atoms with E-state index in [9.17, 15) is 0 Å². The summed E-state index contributed by atoms with van der Waals surface area (Å²) >= 11 is 0. The predicted octanol–water partition coefficient (Wildman–Crippen LogP) is 5.68. The van der Waals surface area contributed by atoms with Crippen molar-refractivity contribution >= 4 is 44.5 Å². The molecule has 0 fully saturated rings. The fraction of sp³-hybridized carbons (Fsp3) is 0.148. The minimum atomic E-state index is 0.756. The van der Waals surface area contributed by atoms with Crippen LogP contribution < -0.4 is 5.73 Å². The number of fused-ring (bicyclic) bond motifs is 4. The molecule has 0 aliphatic rings. The van der Waals surface area contributed by atoms with Gasteiger partial charge in [-0.2, -0.15) is 0 Å². The van der Waals surface area contributed by atoms with E-state index in [1.54, 1.807) is 6.20 Å². The van der Waals surface area contributed by atoms with E-state index in [4.69, 9.17) is 5.73 Å². The van der Waals surface area contributed by atoms with Crippen molar-refractivity contribution in [2.75, 3.05) is 0 Å². The minimum absolute atomic E-state index is 0.756. The molecule has 0 spiro atoms. The fourth-order valence-corrected chi connectivity index (χ4v) is 4.59. The zero-order chi connectivity index (χ0) is 22.8. The maximum Gasteiger partial charge on any atom is 0.0565 e. The highest BCUT2D eigenvalue weighted by atomic mass is 15.0. The van der Waals surface area contributed by atoms with Gasteiger partial charge in [0.25, 0.3) is 0 Å². The second-order valence-electron chi connectivity index (χ2n) is 7.93. The molecule has 6 heteroatoms. The number of rotatable bonds is 6. The van der Waals surface area contributed by atoms with Gasteiger partial charge < -0.3 is 14.9 Å². The van der Waals surface area contributed by atoms with Crippen molar-refractivity contribution in [2.24, 2.45) is 5.73 Å². The lowest BCUT2D eigenvalue weighted by Crippen LogP contribution is -2.00. The number of allylic oxidation sites excluding steroid dienone is 4. The molecule has 5 aromatic rings. The molecule has 0 atom stereocenters. The Hall–Kier alpha value is -4.19. The van der Waals surface area contributed by atoms with Crippen molar-refractivity contribution < 1.29 is 0 Å². The Bertz CT molecular complexity index is 1490. The number of nitrogens with zero attached hydrogens (tertiary/aromatic N) is 5. The summed E-state index contributed by atoms with van der Waals surface area (Å²) in [4.78, 5) is 12.9. The van der Waals surface area contributed by atoms with Crippen LogP contribution in [0.5, 0.6) is 0 Å². The van der Waals surface area contributed by atoms with Gasteiger partial charge in [0, 0.05) is 65.6 Å². The third-order valence-electron chi connectivity index (χ3n) is 6.15. The first kappa shape index (κ1) is 20.7. The normalized spacial score (nSPS) is 12.8. The topological polar surface area (TPSA) is 74.5 Å². The fourth-order valence-electron chi connectivity index (χ4n) is 4.59. The Morgan fingerprint density at radius 2 is 1.52 bits per heavy atom. The summed E-state index contributed by atoms with van der Waals surface area (Å²) in [6.45, 7) is 5.04. The Kier molecular flexibility index (Phi) is 5.48. The molecule has 5 rings (SSSR count). The largest absolute Gasteiger partial charge is 0.405 e. The summed E-state index contributed by atoms with van der Waals surface area (Å²) in [6.07, 6.45) is 22.2. The van der Waals surface area contributed by atoms with Crippen LogP contribution in [-0.4, -0.2) is 24.1 Å². The third kappa shape index (κ3) is 3.49. The van der Waals surface area contributed by atoms with Crippen molar-refractivity contribution in [3.63, 3.8) is 0 Å². The van der Waals surface area contributed by atoms with Crippen LogP contribution in [0.3, 0.4) is 0 Å². The van der Waals surface area contributed by atoms with Gasteiger partial charge in [-0.1, -0.05) is 19.1 Å². The summed E-state index contributed by atoms with van der Waals surface area (Å²) in [5.41, 5.74) is 12.7. The number of pyridine rings is 3. The number of nitrogens with two attached hydrogens (primary N) is 1. The summed E-state index contributed by atoms with van der Waals surface area (Å²) < 4.78 is 4.57. The van der Waals surface area contributed by atoms with Crippen LogP contribution in [0.2, 0.25) is 0 Å². The van der Waals surface area contributed by atoms with Gasteiger partial charge in [-0.15, -0.1) is 0 Å². The first-order valence-electron chi connectivity index (χ1n) is 11.1. The zero-order valence-electron chi connectivity index (χ0n) is 18.8. The van der Waals surface area contributed by atoms with Crippen molar-refractivity contribution in [2.45, 2.75) is 26.8 Å². The number of hydrogen-bond donors (Lipinski definition) is 1. The van der Waals surface area contributed by atoms with E-state index >= 15 is 0 Å². The molecule has 0 aliphatic heterocycles. The van der Waals surface area contributed by atoms with Crippen LogP contribution in [0.1, 0.15) is 24.6 Å². The molecule has 5 heterocycles. The Morgan fingerprint density at radius 1 is 0.909 bits per heavy atom. The average molecular weight is 435 g/mol. The molecule has 0 aliphatic carbocycles. The van der Waals surface area contributed by atoms with Crippen LogP contribution >= 0.6 is 0 Å². The van der Waals surface area contributed by atoms with E-state index in [0.29, 0.717) is 0 Å². The van der Waals surface area contributed by atoms with Gasteiger partial charge in [0.1, 0.15) is 0 Å². The molecule has 0 saturated carbocycles. The quantitative estimate of drug-likeness (QED) is 0.349. The van der Waals surface area contributed by atoms with E-state index in [2.05, 4.69) is 74.4 Å². The summed E-state index contributed by atoms with van der Waals surface area (Å²) in [5, 5.41) is 3.39. The first-order valence-corrected chi connectivity index (χ1v) is 11.1. The summed E-state index contributed by atoms with van der Waals surface area (Å²) in [5.74, 6) is 0. The molecular formula is C27H26N6. The van der Waals surface area contributed by atoms with Gasteiger partial charge in [0.15, 0.2) is 0 Å². The smallest absolute Gasteiger partial charge is 0.0565 e. The van der Waals surface area contributed by atoms with Gasteiger partial charge in [-0.3, -0.25) is 15.0 Å². The summed E-state index contributed by atoms with van der Waals surface area (Å²) in [6, 6.07) is 6.18. The molecule has 2 N–H and O–H groups in total. The lowest BCUT2D eigenvalue weighted by Gasteiger charge is -2.11. The van der Waals surface area contributed by atoms with Crippen molar-refractivity contribution in [3.05, 3.63) is 91.1 Å². The highest BCUT2D eigenvalue weighted by Crippen LogP contribution is 2.30. The van der Waals surface area contributed by atoms with Gasteiger partial charge in [-0.05, 0) is 55.5 Å².